The number of nitrogens with zero attached hydrogens (tertiary/aromatic N) is 1. The number of carbonyl (C=O) groups is 1. The highest BCUT2D eigenvalue weighted by Crippen LogP contribution is 2.35. The zero-order chi connectivity index (χ0) is 18.8. The van der Waals surface area contributed by atoms with Crippen molar-refractivity contribution in [3.63, 3.8) is 0 Å². The van der Waals surface area contributed by atoms with Crippen LogP contribution in [0.1, 0.15) is 27.5 Å². The largest absolute Gasteiger partial charge is 0.294 e. The summed E-state index contributed by atoms with van der Waals surface area (Å²) < 4.78 is 26.8. The highest BCUT2D eigenvalue weighted by molar-refractivity contribution is 5.98. The van der Waals surface area contributed by atoms with Gasteiger partial charge in [-0.1, -0.05) is 60.7 Å². The molecule has 0 unspecified atom stereocenters. The van der Waals surface area contributed by atoms with E-state index in [0.29, 0.717) is 13.1 Å². The van der Waals surface area contributed by atoms with E-state index in [1.165, 1.54) is 0 Å². The van der Waals surface area contributed by atoms with E-state index >= 15 is 0 Å². The minimum absolute atomic E-state index is 0.0562. The van der Waals surface area contributed by atoms with Crippen molar-refractivity contribution in [2.75, 3.05) is 13.1 Å². The highest BCUT2D eigenvalue weighted by Gasteiger charge is 2.38. The number of halogens is 2. The normalized spacial score (nSPS) is 14.9. The van der Waals surface area contributed by atoms with E-state index in [1.807, 2.05) is 36.4 Å². The molecule has 3 aromatic carbocycles. The average Bonchev–Trinajstić information content (AvgIpc) is 2.64. The molecule has 0 saturated carbocycles. The lowest BCUT2D eigenvalue weighted by molar-refractivity contribution is 0.0502. The van der Waals surface area contributed by atoms with E-state index in [2.05, 4.69) is 29.2 Å². The smallest absolute Gasteiger partial charge is 0.168 e. The number of Topliss-reactive ketones (excluding diaryl/α,β-unsaturated/α-hetero) is 1. The third kappa shape index (κ3) is 3.67. The van der Waals surface area contributed by atoms with Crippen LogP contribution in [0.3, 0.4) is 0 Å². The predicted octanol–water partition coefficient (Wildman–Crippen LogP) is 4.87. The summed E-state index contributed by atoms with van der Waals surface area (Å²) in [5.41, 5.74) is 2.42. The fourth-order valence-electron chi connectivity index (χ4n) is 3.71. The molecular weight excluding hydrogens is 344 g/mol. The van der Waals surface area contributed by atoms with Crippen LogP contribution in [0.15, 0.2) is 78.9 Å². The summed E-state index contributed by atoms with van der Waals surface area (Å²) in [6, 6.07) is 23.3. The van der Waals surface area contributed by atoms with Crippen LogP contribution >= 0.6 is 0 Å². The summed E-state index contributed by atoms with van der Waals surface area (Å²) in [4.78, 5) is 14.8. The van der Waals surface area contributed by atoms with E-state index in [0.717, 1.165) is 29.3 Å². The maximum absolute atomic E-state index is 13.4. The monoisotopic (exact) mass is 363 g/mol. The standard InChI is InChI=1S/C23H19F2NO/c24-20-11-18(12-21(25)13-20)23(27)19-14-26(15-19)22(16-7-3-1-4-8-16)17-9-5-2-6-10-17/h1-13,19,22H,14-15H2. The molecule has 0 amide bonds. The molecule has 4 rings (SSSR count). The third-order valence-corrected chi connectivity index (χ3v) is 5.02. The van der Waals surface area contributed by atoms with Crippen molar-refractivity contribution in [3.05, 3.63) is 107 Å². The second-order valence-corrected chi connectivity index (χ2v) is 6.90. The molecule has 1 aliphatic rings. The molecule has 0 radical (unpaired) electrons. The summed E-state index contributed by atoms with van der Waals surface area (Å²) in [6.07, 6.45) is 0. The van der Waals surface area contributed by atoms with Crippen LogP contribution in [0.4, 0.5) is 8.78 Å². The molecule has 1 fully saturated rings. The quantitative estimate of drug-likeness (QED) is 0.603. The first-order chi connectivity index (χ1) is 13.1. The lowest BCUT2D eigenvalue weighted by Gasteiger charge is -2.44. The number of carbonyl (C=O) groups excluding carboxylic acids is 1. The lowest BCUT2D eigenvalue weighted by atomic mass is 9.86. The molecule has 0 aromatic heterocycles. The van der Waals surface area contributed by atoms with Gasteiger partial charge in [-0.2, -0.15) is 0 Å². The number of rotatable bonds is 5. The van der Waals surface area contributed by atoms with Gasteiger partial charge in [0.05, 0.1) is 6.04 Å². The first kappa shape index (κ1) is 17.6. The summed E-state index contributed by atoms with van der Waals surface area (Å²) >= 11 is 0. The first-order valence-corrected chi connectivity index (χ1v) is 8.96. The number of hydrogen-bond acceptors (Lipinski definition) is 2. The van der Waals surface area contributed by atoms with Crippen LogP contribution in [0.2, 0.25) is 0 Å². The van der Waals surface area contributed by atoms with Gasteiger partial charge in [-0.25, -0.2) is 8.78 Å². The molecule has 2 nitrogen and oxygen atoms in total. The molecular formula is C23H19F2NO. The molecule has 0 atom stereocenters. The number of hydrogen-bond donors (Lipinski definition) is 0. The Morgan fingerprint density at radius 3 is 1.78 bits per heavy atom. The van der Waals surface area contributed by atoms with Crippen LogP contribution in [-0.2, 0) is 0 Å². The third-order valence-electron chi connectivity index (χ3n) is 5.02. The van der Waals surface area contributed by atoms with Crippen molar-refractivity contribution < 1.29 is 13.6 Å². The summed E-state index contributed by atoms with van der Waals surface area (Å²) in [6.45, 7) is 1.12. The van der Waals surface area contributed by atoms with Crippen molar-refractivity contribution in [1.82, 2.24) is 4.90 Å². The maximum atomic E-state index is 13.4. The van der Waals surface area contributed by atoms with Crippen LogP contribution in [0.25, 0.3) is 0 Å². The Labute approximate surface area is 157 Å². The van der Waals surface area contributed by atoms with E-state index in [4.69, 9.17) is 0 Å². The number of ketones is 1. The van der Waals surface area contributed by atoms with Gasteiger partial charge in [0.15, 0.2) is 5.78 Å². The van der Waals surface area contributed by atoms with Gasteiger partial charge >= 0.3 is 0 Å². The van der Waals surface area contributed by atoms with E-state index < -0.39 is 11.6 Å². The average molecular weight is 363 g/mol. The van der Waals surface area contributed by atoms with Gasteiger partial charge in [-0.05, 0) is 23.3 Å². The van der Waals surface area contributed by atoms with Gasteiger partial charge in [0.25, 0.3) is 0 Å². The Kier molecular flexibility index (Phi) is 4.82. The Balaban J connectivity index is 1.54. The van der Waals surface area contributed by atoms with Crippen molar-refractivity contribution in [3.8, 4) is 0 Å². The highest BCUT2D eigenvalue weighted by atomic mass is 19.1. The van der Waals surface area contributed by atoms with Gasteiger partial charge in [0.1, 0.15) is 11.6 Å². The van der Waals surface area contributed by atoms with Crippen molar-refractivity contribution in [2.24, 2.45) is 5.92 Å². The van der Waals surface area contributed by atoms with Crippen LogP contribution < -0.4 is 0 Å². The van der Waals surface area contributed by atoms with Gasteiger partial charge in [0, 0.05) is 30.6 Å². The minimum Gasteiger partial charge on any atom is -0.294 e. The first-order valence-electron chi connectivity index (χ1n) is 8.96. The van der Waals surface area contributed by atoms with Crippen molar-refractivity contribution >= 4 is 5.78 Å². The second kappa shape index (κ2) is 7.41. The number of likely N-dealkylation sites (tertiary alicyclic amines) is 1. The van der Waals surface area contributed by atoms with Gasteiger partial charge in [-0.3, -0.25) is 9.69 Å². The fraction of sp³-hybridized carbons (Fsp3) is 0.174. The molecule has 0 bridgehead atoms. The molecule has 1 heterocycles. The van der Waals surface area contributed by atoms with Gasteiger partial charge in [0.2, 0.25) is 0 Å². The Morgan fingerprint density at radius 2 is 1.30 bits per heavy atom. The Hall–Kier alpha value is -2.85. The van der Waals surface area contributed by atoms with Crippen LogP contribution in [0, 0.1) is 17.6 Å². The lowest BCUT2D eigenvalue weighted by Crippen LogP contribution is -2.52. The second-order valence-electron chi connectivity index (χ2n) is 6.90. The van der Waals surface area contributed by atoms with Crippen LogP contribution in [0.5, 0.6) is 0 Å². The van der Waals surface area contributed by atoms with Crippen molar-refractivity contribution in [1.29, 1.82) is 0 Å². The molecule has 136 valence electrons. The minimum atomic E-state index is -0.721. The molecule has 3 aromatic rings. The topological polar surface area (TPSA) is 20.3 Å². The number of benzene rings is 3. The zero-order valence-electron chi connectivity index (χ0n) is 14.7. The van der Waals surface area contributed by atoms with E-state index in [9.17, 15) is 13.6 Å². The van der Waals surface area contributed by atoms with Gasteiger partial charge < -0.3 is 0 Å². The summed E-state index contributed by atoms with van der Waals surface area (Å²) in [5.74, 6) is -1.90. The predicted molar refractivity (Wildman–Crippen MR) is 100 cm³/mol. The molecule has 1 aliphatic heterocycles. The SMILES string of the molecule is O=C(c1cc(F)cc(F)c1)C1CN(C(c2ccccc2)c2ccccc2)C1. The molecule has 1 saturated heterocycles. The van der Waals surface area contributed by atoms with Crippen molar-refractivity contribution in [2.45, 2.75) is 6.04 Å². The molecule has 0 N–H and O–H groups in total. The molecule has 0 spiro atoms. The molecule has 4 heteroatoms. The van der Waals surface area contributed by atoms with Gasteiger partial charge in [-0.15, -0.1) is 0 Å². The van der Waals surface area contributed by atoms with Crippen LogP contribution in [-0.4, -0.2) is 23.8 Å². The zero-order valence-corrected chi connectivity index (χ0v) is 14.7. The Morgan fingerprint density at radius 1 is 0.815 bits per heavy atom. The summed E-state index contributed by atoms with van der Waals surface area (Å²) in [7, 11) is 0. The van der Waals surface area contributed by atoms with E-state index in [-0.39, 0.29) is 23.3 Å². The van der Waals surface area contributed by atoms with E-state index in [1.54, 1.807) is 0 Å². The Bertz CT molecular complexity index is 877. The maximum Gasteiger partial charge on any atom is 0.168 e. The summed E-state index contributed by atoms with van der Waals surface area (Å²) in [5, 5.41) is 0. The molecule has 27 heavy (non-hydrogen) atoms. The fourth-order valence-corrected chi connectivity index (χ4v) is 3.71. The molecule has 0 aliphatic carbocycles.